The van der Waals surface area contributed by atoms with E-state index < -0.39 is 10.1 Å². The largest absolute Gasteiger partial charge is 0.493 e. The lowest BCUT2D eigenvalue weighted by molar-refractivity contribution is 0.0956. The zero-order chi connectivity index (χ0) is 25.0. The third-order valence-electron chi connectivity index (χ3n) is 5.17. The van der Waals surface area contributed by atoms with E-state index in [-0.39, 0.29) is 27.3 Å². The summed E-state index contributed by atoms with van der Waals surface area (Å²) in [4.78, 5) is 12.6. The Hall–Kier alpha value is -3.88. The van der Waals surface area contributed by atoms with Crippen LogP contribution in [0.1, 0.15) is 21.5 Å². The average Bonchev–Trinajstić information content (AvgIpc) is 2.85. The number of ether oxygens (including phenoxy) is 1. The van der Waals surface area contributed by atoms with E-state index in [2.05, 4.69) is 10.5 Å². The summed E-state index contributed by atoms with van der Waals surface area (Å²) < 4.78 is 35.9. The molecule has 0 fully saturated rings. The van der Waals surface area contributed by atoms with Crippen LogP contribution in [-0.4, -0.2) is 27.6 Å². The molecule has 0 heterocycles. The first-order chi connectivity index (χ1) is 16.8. The minimum Gasteiger partial charge on any atom is -0.493 e. The minimum atomic E-state index is -4.13. The van der Waals surface area contributed by atoms with Gasteiger partial charge in [-0.2, -0.15) is 13.5 Å². The molecule has 0 saturated carbocycles. The molecule has 0 saturated heterocycles. The Labute approximate surface area is 208 Å². The van der Waals surface area contributed by atoms with Gasteiger partial charge in [-0.3, -0.25) is 4.79 Å². The van der Waals surface area contributed by atoms with Gasteiger partial charge in [0.05, 0.1) is 18.3 Å². The zero-order valence-corrected chi connectivity index (χ0v) is 20.4. The Morgan fingerprint density at radius 2 is 1.71 bits per heavy atom. The number of nitrogens with one attached hydrogen (secondary N) is 1. The third kappa shape index (κ3) is 5.45. The van der Waals surface area contributed by atoms with Crippen molar-refractivity contribution in [1.82, 2.24) is 5.43 Å². The van der Waals surface area contributed by atoms with Gasteiger partial charge in [0.15, 0.2) is 5.75 Å². The van der Waals surface area contributed by atoms with Crippen LogP contribution in [0.3, 0.4) is 0 Å². The van der Waals surface area contributed by atoms with Crippen LogP contribution < -0.4 is 14.3 Å². The second-order valence-electron chi connectivity index (χ2n) is 7.61. The summed E-state index contributed by atoms with van der Waals surface area (Å²) in [5.41, 5.74) is 4.36. The summed E-state index contributed by atoms with van der Waals surface area (Å²) in [6, 6.07) is 22.2. The molecule has 0 aliphatic rings. The molecular formula is C26H21ClN2O5S. The van der Waals surface area contributed by atoms with Crippen molar-refractivity contribution in [2.24, 2.45) is 5.10 Å². The summed E-state index contributed by atoms with van der Waals surface area (Å²) in [7, 11) is -2.77. The minimum absolute atomic E-state index is 0.00173. The van der Waals surface area contributed by atoms with Gasteiger partial charge >= 0.3 is 10.1 Å². The number of hydrazone groups is 1. The Morgan fingerprint density at radius 1 is 1.00 bits per heavy atom. The molecule has 4 aromatic carbocycles. The van der Waals surface area contributed by atoms with Crippen LogP contribution in [0.2, 0.25) is 5.02 Å². The van der Waals surface area contributed by atoms with Crippen molar-refractivity contribution in [1.29, 1.82) is 0 Å². The highest BCUT2D eigenvalue weighted by Gasteiger charge is 2.22. The van der Waals surface area contributed by atoms with Gasteiger partial charge in [-0.25, -0.2) is 5.43 Å². The van der Waals surface area contributed by atoms with Crippen LogP contribution in [0.5, 0.6) is 11.5 Å². The lowest BCUT2D eigenvalue weighted by Crippen LogP contribution is -2.18. The van der Waals surface area contributed by atoms with Crippen molar-refractivity contribution < 1.29 is 22.1 Å². The topological polar surface area (TPSA) is 94.1 Å². The van der Waals surface area contributed by atoms with Crippen LogP contribution >= 0.6 is 11.6 Å². The molecule has 0 unspecified atom stereocenters. The fraction of sp³-hybridized carbons (Fsp3) is 0.0769. The molecule has 0 atom stereocenters. The maximum atomic E-state index is 12.7. The Bertz CT molecular complexity index is 1530. The van der Waals surface area contributed by atoms with Gasteiger partial charge in [0, 0.05) is 5.56 Å². The number of carbonyl (C=O) groups is 1. The lowest BCUT2D eigenvalue weighted by Gasteiger charge is -2.13. The number of fused-ring (bicyclic) bond motifs is 1. The van der Waals surface area contributed by atoms with Crippen LogP contribution in [0.15, 0.2) is 88.9 Å². The number of nitrogens with zero attached hydrogens (tertiary/aromatic N) is 1. The molecule has 4 aromatic rings. The van der Waals surface area contributed by atoms with E-state index in [0.717, 1.165) is 16.3 Å². The molecule has 35 heavy (non-hydrogen) atoms. The van der Waals surface area contributed by atoms with Gasteiger partial charge in [-0.15, -0.1) is 0 Å². The summed E-state index contributed by atoms with van der Waals surface area (Å²) >= 11 is 6.32. The Balaban J connectivity index is 1.54. The van der Waals surface area contributed by atoms with Crippen molar-refractivity contribution in [3.63, 3.8) is 0 Å². The number of aryl methyl sites for hydroxylation is 1. The SMILES string of the molecule is COc1cc(/C=N\NC(=O)c2cccc3ccccc23)cc(Cl)c1OS(=O)(=O)c1ccc(C)cc1. The van der Waals surface area contributed by atoms with Gasteiger partial charge in [0.25, 0.3) is 5.91 Å². The van der Waals surface area contributed by atoms with E-state index in [9.17, 15) is 13.2 Å². The van der Waals surface area contributed by atoms with E-state index >= 15 is 0 Å². The Kier molecular flexibility index (Phi) is 7.04. The fourth-order valence-electron chi connectivity index (χ4n) is 3.41. The van der Waals surface area contributed by atoms with Gasteiger partial charge in [0.1, 0.15) is 4.90 Å². The first-order valence-corrected chi connectivity index (χ1v) is 12.3. The van der Waals surface area contributed by atoms with Crippen LogP contribution in [0, 0.1) is 6.92 Å². The maximum absolute atomic E-state index is 12.7. The second-order valence-corrected chi connectivity index (χ2v) is 9.56. The van der Waals surface area contributed by atoms with Crippen molar-refractivity contribution in [2.75, 3.05) is 7.11 Å². The normalized spacial score (nSPS) is 11.5. The van der Waals surface area contributed by atoms with Gasteiger partial charge in [-0.1, -0.05) is 65.7 Å². The predicted molar refractivity (Wildman–Crippen MR) is 136 cm³/mol. The first-order valence-electron chi connectivity index (χ1n) is 10.5. The highest BCUT2D eigenvalue weighted by Crippen LogP contribution is 2.38. The molecule has 0 aliphatic heterocycles. The fourth-order valence-corrected chi connectivity index (χ4v) is 4.67. The number of hydrogen-bond donors (Lipinski definition) is 1. The zero-order valence-electron chi connectivity index (χ0n) is 18.9. The van der Waals surface area contributed by atoms with E-state index in [0.29, 0.717) is 11.1 Å². The molecule has 0 aliphatic carbocycles. The molecular weight excluding hydrogens is 488 g/mol. The third-order valence-corrected chi connectivity index (χ3v) is 6.68. The molecule has 1 amide bonds. The molecule has 7 nitrogen and oxygen atoms in total. The monoisotopic (exact) mass is 508 g/mol. The molecule has 4 rings (SSSR count). The number of carbonyl (C=O) groups excluding carboxylic acids is 1. The highest BCUT2D eigenvalue weighted by atomic mass is 35.5. The van der Waals surface area contributed by atoms with E-state index in [1.54, 1.807) is 24.3 Å². The highest BCUT2D eigenvalue weighted by molar-refractivity contribution is 7.87. The summed E-state index contributed by atoms with van der Waals surface area (Å²) in [6.45, 7) is 1.85. The van der Waals surface area contributed by atoms with Crippen molar-refractivity contribution >= 4 is 44.6 Å². The van der Waals surface area contributed by atoms with Crippen LogP contribution in [0.4, 0.5) is 0 Å². The molecule has 178 valence electrons. The molecule has 0 aromatic heterocycles. The van der Waals surface area contributed by atoms with E-state index in [1.165, 1.54) is 37.6 Å². The first kappa shape index (κ1) is 24.3. The molecule has 0 radical (unpaired) electrons. The summed E-state index contributed by atoms with van der Waals surface area (Å²) in [6.07, 6.45) is 1.37. The standard InChI is InChI=1S/C26H21ClN2O5S/c1-17-10-12-20(13-11-17)35(31,32)34-25-23(27)14-18(15-24(25)33-2)16-28-29-26(30)22-9-5-7-19-6-3-4-8-21(19)22/h3-16H,1-2H3,(H,29,30)/b28-16-. The van der Waals surface area contributed by atoms with Crippen LogP contribution in [0.25, 0.3) is 10.8 Å². The summed E-state index contributed by atoms with van der Waals surface area (Å²) in [5.74, 6) is -0.429. The second kappa shape index (κ2) is 10.2. The molecule has 1 N–H and O–H groups in total. The maximum Gasteiger partial charge on any atom is 0.339 e. The van der Waals surface area contributed by atoms with Crippen molar-refractivity contribution in [3.8, 4) is 11.5 Å². The Morgan fingerprint density at radius 3 is 2.46 bits per heavy atom. The van der Waals surface area contributed by atoms with Crippen LogP contribution in [-0.2, 0) is 10.1 Å². The predicted octanol–water partition coefficient (Wildman–Crippen LogP) is 5.34. The average molecular weight is 509 g/mol. The number of rotatable bonds is 7. The number of hydrogen-bond acceptors (Lipinski definition) is 6. The molecule has 0 bridgehead atoms. The van der Waals surface area contributed by atoms with Gasteiger partial charge in [-0.05, 0) is 53.6 Å². The number of benzene rings is 4. The lowest BCUT2D eigenvalue weighted by atomic mass is 10.0. The molecule has 9 heteroatoms. The van der Waals surface area contributed by atoms with Gasteiger partial charge < -0.3 is 8.92 Å². The molecule has 0 spiro atoms. The number of amides is 1. The van der Waals surface area contributed by atoms with E-state index in [1.807, 2.05) is 37.3 Å². The van der Waals surface area contributed by atoms with Crippen molar-refractivity contribution in [2.45, 2.75) is 11.8 Å². The quantitative estimate of drug-likeness (QED) is 0.206. The smallest absolute Gasteiger partial charge is 0.339 e. The van der Waals surface area contributed by atoms with E-state index in [4.69, 9.17) is 20.5 Å². The summed E-state index contributed by atoms with van der Waals surface area (Å²) in [5, 5.41) is 5.76. The number of methoxy groups -OCH3 is 1. The number of halogens is 1. The van der Waals surface area contributed by atoms with Gasteiger partial charge in [0.2, 0.25) is 5.75 Å². The van der Waals surface area contributed by atoms with Crippen molar-refractivity contribution in [3.05, 3.63) is 101 Å².